The third kappa shape index (κ3) is 4.60. The van der Waals surface area contributed by atoms with Crippen LogP contribution in [0.4, 0.5) is 5.13 Å². The number of rotatable bonds is 5. The van der Waals surface area contributed by atoms with E-state index in [1.807, 2.05) is 11.0 Å². The molecule has 0 radical (unpaired) electrons. The second-order valence-electron chi connectivity index (χ2n) is 7.71. The van der Waals surface area contributed by atoms with Gasteiger partial charge in [-0.25, -0.2) is 14.5 Å². The van der Waals surface area contributed by atoms with Crippen LogP contribution in [0, 0.1) is 0 Å². The summed E-state index contributed by atoms with van der Waals surface area (Å²) in [4.78, 5) is 36.6. The van der Waals surface area contributed by atoms with Gasteiger partial charge in [-0.15, -0.1) is 16.4 Å². The fraction of sp³-hybridized carbons (Fsp3) is 0.304. The quantitative estimate of drug-likeness (QED) is 0.419. The number of fused-ring (bicyclic) bond motifs is 1. The maximum absolute atomic E-state index is 13.1. The topological polar surface area (TPSA) is 126 Å². The summed E-state index contributed by atoms with van der Waals surface area (Å²) in [5.41, 5.74) is 2.10. The van der Waals surface area contributed by atoms with Gasteiger partial charge in [0, 0.05) is 42.8 Å². The summed E-state index contributed by atoms with van der Waals surface area (Å²) in [6.07, 6.45) is 4.98. The normalized spacial score (nSPS) is 14.8. The molecule has 1 fully saturated rings. The molecule has 10 nitrogen and oxygen atoms in total. The van der Waals surface area contributed by atoms with Crippen LogP contribution in [0.5, 0.6) is 0 Å². The first-order chi connectivity index (χ1) is 16.6. The summed E-state index contributed by atoms with van der Waals surface area (Å²) in [5, 5.41) is 17.6. The summed E-state index contributed by atoms with van der Waals surface area (Å²) in [7, 11) is 0. The molecular formula is C23H25N7O3S. The zero-order chi connectivity index (χ0) is 24.0. The second kappa shape index (κ2) is 10.4. The number of carbonyl (C=O) groups excluding carboxylic acids is 1. The average molecular weight is 480 g/mol. The molecular weight excluding hydrogens is 454 g/mol. The molecule has 2 N–H and O–H groups in total. The van der Waals surface area contributed by atoms with E-state index in [2.05, 4.69) is 57.0 Å². The molecule has 0 spiro atoms. The predicted molar refractivity (Wildman–Crippen MR) is 128 cm³/mol. The predicted octanol–water partition coefficient (Wildman–Crippen LogP) is 2.94. The molecule has 0 bridgehead atoms. The lowest BCUT2D eigenvalue weighted by molar-refractivity contribution is -0.122. The van der Waals surface area contributed by atoms with Crippen LogP contribution in [0.3, 0.4) is 0 Å². The largest absolute Gasteiger partial charge is 0.483 e. The van der Waals surface area contributed by atoms with Crippen molar-refractivity contribution in [1.82, 2.24) is 29.5 Å². The monoisotopic (exact) mass is 479 g/mol. The smallest absolute Gasteiger partial charge is 0.293 e. The zero-order valence-electron chi connectivity index (χ0n) is 18.7. The molecule has 3 aromatic heterocycles. The molecule has 4 heterocycles. The van der Waals surface area contributed by atoms with Crippen molar-refractivity contribution in [3.8, 4) is 0 Å². The molecule has 1 saturated heterocycles. The Balaban J connectivity index is 0.000000868. The Morgan fingerprint density at radius 2 is 1.94 bits per heavy atom. The van der Waals surface area contributed by atoms with Gasteiger partial charge in [0.15, 0.2) is 5.13 Å². The second-order valence-corrected chi connectivity index (χ2v) is 8.57. The third-order valence-corrected chi connectivity index (χ3v) is 6.66. The van der Waals surface area contributed by atoms with Gasteiger partial charge in [0.05, 0.1) is 5.69 Å². The van der Waals surface area contributed by atoms with Crippen molar-refractivity contribution in [2.45, 2.75) is 25.2 Å². The standard InChI is InChI=1S/C22H23N7OS.CH2O2/c1-2-23-21-25-17(15-31-21)22(16-7-4-3-5-8-16)9-13-28(14-10-22)19(30)18-26-20-24-11-6-12-29(20)27-18;2-1-3/h3-8,11-12,15H,2,9-10,13-14H2,1H3,(H,23,25);1H,(H,2,3). The molecule has 34 heavy (non-hydrogen) atoms. The zero-order valence-corrected chi connectivity index (χ0v) is 19.5. The Labute approximate surface area is 200 Å². The Morgan fingerprint density at radius 3 is 2.62 bits per heavy atom. The number of likely N-dealkylation sites (tertiary alicyclic amines) is 1. The van der Waals surface area contributed by atoms with Gasteiger partial charge in [0.2, 0.25) is 5.82 Å². The summed E-state index contributed by atoms with van der Waals surface area (Å²) in [6.45, 7) is 3.89. The molecule has 1 aromatic carbocycles. The minimum Gasteiger partial charge on any atom is -0.483 e. The molecule has 0 aliphatic carbocycles. The van der Waals surface area contributed by atoms with Gasteiger partial charge >= 0.3 is 0 Å². The van der Waals surface area contributed by atoms with Crippen LogP contribution < -0.4 is 5.32 Å². The maximum Gasteiger partial charge on any atom is 0.293 e. The van der Waals surface area contributed by atoms with E-state index in [4.69, 9.17) is 14.9 Å². The minimum atomic E-state index is -0.250. The van der Waals surface area contributed by atoms with E-state index in [0.29, 0.717) is 18.9 Å². The first kappa shape index (κ1) is 23.3. The van der Waals surface area contributed by atoms with Crippen molar-refractivity contribution in [3.05, 3.63) is 71.3 Å². The highest BCUT2D eigenvalue weighted by atomic mass is 32.1. The average Bonchev–Trinajstić information content (AvgIpc) is 3.53. The lowest BCUT2D eigenvalue weighted by Gasteiger charge is -2.41. The van der Waals surface area contributed by atoms with E-state index in [-0.39, 0.29) is 23.6 Å². The number of nitrogens with zero attached hydrogens (tertiary/aromatic N) is 6. The van der Waals surface area contributed by atoms with Crippen LogP contribution in [0.1, 0.15) is 41.6 Å². The van der Waals surface area contributed by atoms with Gasteiger partial charge in [-0.3, -0.25) is 9.59 Å². The SMILES string of the molecule is CCNc1nc(C2(c3ccccc3)CCN(C(=O)c3nc4ncccn4n3)CC2)cs1.O=CO. The molecule has 4 aromatic rings. The Bertz CT molecular complexity index is 1220. The highest BCUT2D eigenvalue weighted by Crippen LogP contribution is 2.42. The van der Waals surface area contributed by atoms with Crippen molar-refractivity contribution in [3.63, 3.8) is 0 Å². The van der Waals surface area contributed by atoms with E-state index >= 15 is 0 Å². The number of nitrogens with one attached hydrogen (secondary N) is 1. The molecule has 176 valence electrons. The maximum atomic E-state index is 13.1. The number of amides is 1. The van der Waals surface area contributed by atoms with Gasteiger partial charge in [0.1, 0.15) is 0 Å². The van der Waals surface area contributed by atoms with Crippen LogP contribution in [-0.2, 0) is 10.2 Å². The fourth-order valence-corrected chi connectivity index (χ4v) is 5.11. The molecule has 1 aliphatic rings. The van der Waals surface area contributed by atoms with Crippen LogP contribution >= 0.6 is 11.3 Å². The van der Waals surface area contributed by atoms with Gasteiger partial charge in [-0.05, 0) is 31.4 Å². The molecule has 1 aliphatic heterocycles. The summed E-state index contributed by atoms with van der Waals surface area (Å²) >= 11 is 1.63. The van der Waals surface area contributed by atoms with E-state index in [0.717, 1.165) is 30.2 Å². The van der Waals surface area contributed by atoms with Crippen molar-refractivity contribution < 1.29 is 14.7 Å². The highest BCUT2D eigenvalue weighted by molar-refractivity contribution is 7.13. The van der Waals surface area contributed by atoms with Crippen LogP contribution in [0.2, 0.25) is 0 Å². The van der Waals surface area contributed by atoms with Gasteiger partial charge in [0.25, 0.3) is 18.2 Å². The van der Waals surface area contributed by atoms with Crippen molar-refractivity contribution in [2.75, 3.05) is 25.0 Å². The minimum absolute atomic E-state index is 0.154. The molecule has 11 heteroatoms. The number of piperidine rings is 1. The van der Waals surface area contributed by atoms with E-state index < -0.39 is 0 Å². The van der Waals surface area contributed by atoms with Gasteiger partial charge < -0.3 is 15.3 Å². The lowest BCUT2D eigenvalue weighted by atomic mass is 9.70. The van der Waals surface area contributed by atoms with Crippen molar-refractivity contribution in [2.24, 2.45) is 0 Å². The van der Waals surface area contributed by atoms with Crippen molar-refractivity contribution in [1.29, 1.82) is 0 Å². The molecule has 0 saturated carbocycles. The number of thiazole rings is 1. The highest BCUT2D eigenvalue weighted by Gasteiger charge is 2.41. The van der Waals surface area contributed by atoms with Crippen LogP contribution in [0.25, 0.3) is 5.78 Å². The molecule has 5 rings (SSSR count). The first-order valence-electron chi connectivity index (χ1n) is 10.9. The number of carbonyl (C=O) groups is 2. The Hall–Kier alpha value is -3.86. The fourth-order valence-electron chi connectivity index (χ4n) is 4.23. The van der Waals surface area contributed by atoms with Gasteiger partial charge in [-0.2, -0.15) is 4.98 Å². The van der Waals surface area contributed by atoms with Crippen LogP contribution in [0.15, 0.2) is 54.2 Å². The number of carboxylic acid groups (broad SMARTS) is 1. The number of benzene rings is 1. The first-order valence-corrected chi connectivity index (χ1v) is 11.8. The number of anilines is 1. The summed E-state index contributed by atoms with van der Waals surface area (Å²) in [6, 6.07) is 12.3. The summed E-state index contributed by atoms with van der Waals surface area (Å²) in [5.74, 6) is 0.465. The van der Waals surface area contributed by atoms with E-state index in [9.17, 15) is 4.79 Å². The van der Waals surface area contributed by atoms with E-state index in [1.165, 1.54) is 10.1 Å². The van der Waals surface area contributed by atoms with Gasteiger partial charge in [-0.1, -0.05) is 30.3 Å². The Kier molecular flexibility index (Phi) is 7.12. The number of aromatic nitrogens is 5. The number of hydrogen-bond donors (Lipinski definition) is 2. The Morgan fingerprint density at radius 1 is 1.21 bits per heavy atom. The molecule has 0 atom stereocenters. The third-order valence-electron chi connectivity index (χ3n) is 5.86. The van der Waals surface area contributed by atoms with E-state index in [1.54, 1.807) is 29.8 Å². The molecule has 1 amide bonds. The summed E-state index contributed by atoms with van der Waals surface area (Å²) < 4.78 is 1.53. The van der Waals surface area contributed by atoms with Crippen LogP contribution in [-0.4, -0.2) is 66.6 Å². The molecule has 0 unspecified atom stereocenters. The van der Waals surface area contributed by atoms with Crippen molar-refractivity contribution >= 4 is 34.6 Å². The number of hydrogen-bond acceptors (Lipinski definition) is 8. The lowest BCUT2D eigenvalue weighted by Crippen LogP contribution is -2.46.